The highest BCUT2D eigenvalue weighted by Crippen LogP contribution is 2.59. The van der Waals surface area contributed by atoms with Crippen molar-refractivity contribution < 1.29 is 131 Å². The Hall–Kier alpha value is -8.06. The molecule has 0 spiro atoms. The van der Waals surface area contributed by atoms with Crippen molar-refractivity contribution >= 4 is 221 Å². The number of anilines is 6. The lowest BCUT2D eigenvalue weighted by Crippen LogP contribution is -2.33. The summed E-state index contributed by atoms with van der Waals surface area (Å²) in [5.41, 5.74) is 32.4. The molecule has 7 fully saturated rings. The van der Waals surface area contributed by atoms with Crippen LogP contribution in [0.25, 0.3) is 55.8 Å². The number of nitrogens with one attached hydrogen (secondary N) is 4. The van der Waals surface area contributed by atoms with E-state index in [1.807, 2.05) is 0 Å². The second-order valence-corrected chi connectivity index (χ2v) is 54.3. The topological polar surface area (TPSA) is 859 Å². The van der Waals surface area contributed by atoms with Crippen LogP contribution in [-0.2, 0) is 179 Å². The van der Waals surface area contributed by atoms with Gasteiger partial charge in [0.1, 0.15) is 110 Å². The largest absolute Gasteiger partial charge is 0.383 e. The Morgan fingerprint density at radius 1 is 0.327 bits per heavy atom. The fourth-order valence-corrected chi connectivity index (χ4v) is 27.6. The maximum absolute atomic E-state index is 13.5. The van der Waals surface area contributed by atoms with Crippen molar-refractivity contribution in [3.8, 4) is 0 Å². The quantitative estimate of drug-likeness (QED) is 0.0230. The van der Waals surface area contributed by atoms with Crippen molar-refractivity contribution in [1.29, 1.82) is 0 Å². The highest BCUT2D eigenvalue weighted by Gasteiger charge is 2.52. The molecule has 0 aliphatic carbocycles. The number of nitrogens with zero attached hydrogens (tertiary/aromatic N) is 20. The first-order valence-electron chi connectivity index (χ1n) is 44.8. The molecule has 812 valence electrons. The van der Waals surface area contributed by atoms with Crippen LogP contribution >= 0.6 is 47.0 Å². The van der Waals surface area contributed by atoms with E-state index < -0.39 is 249 Å². The van der Waals surface area contributed by atoms with Gasteiger partial charge in [-0.1, -0.05) is 6.92 Å². The lowest BCUT2D eigenvalue weighted by Gasteiger charge is -2.29. The van der Waals surface area contributed by atoms with Gasteiger partial charge < -0.3 is 165 Å². The molecule has 0 bridgehead atoms. The summed E-state index contributed by atoms with van der Waals surface area (Å²) >= 11 is 39.4. The van der Waals surface area contributed by atoms with Crippen LogP contribution in [-0.4, -0.2) is 283 Å². The van der Waals surface area contributed by atoms with Gasteiger partial charge >= 0.3 is 58.4 Å². The minimum Gasteiger partial charge on any atom is -0.383 e. The van der Waals surface area contributed by atoms with Crippen LogP contribution in [0.15, 0.2) is 85.5 Å². The van der Waals surface area contributed by atoms with Crippen LogP contribution in [0.1, 0.15) is 113 Å². The fourth-order valence-electron chi connectivity index (χ4n) is 17.8. The Balaban J connectivity index is 0.550. The molecule has 78 heteroatoms. The average molecular weight is 2360 g/mol. The number of H-pyrrole nitrogens is 4. The van der Waals surface area contributed by atoms with Gasteiger partial charge in [-0.15, -0.1) is 0 Å². The van der Waals surface area contributed by atoms with E-state index in [4.69, 9.17) is 214 Å². The Bertz CT molecular complexity index is 7950. The molecule has 150 heavy (non-hydrogen) atoms. The normalized spacial score (nSPS) is 29.1. The van der Waals surface area contributed by atoms with Crippen LogP contribution in [0, 0.1) is 13.8 Å². The summed E-state index contributed by atoms with van der Waals surface area (Å²) in [6, 6.07) is 0. The number of nitrogen functional groups attached to an aromatic ring is 6. The number of aromatic nitrogens is 24. The summed E-state index contributed by atoms with van der Waals surface area (Å²) in [6.07, 6.45) is -15.9. The van der Waals surface area contributed by atoms with E-state index in [2.05, 4.69) is 84.7 Å². The zero-order chi connectivity index (χ0) is 107. The van der Waals surface area contributed by atoms with Crippen molar-refractivity contribution in [2.45, 2.75) is 201 Å². The minimum atomic E-state index is -4.78. The number of hydrogen-bond acceptors (Lipinski definition) is 53. The standard InChI is InChI=1S/C72H93N30O34P7S7/c1-5-30-31(6-44(123-30)96-13-28(2)56(73)88-71(96)107)131-138(110,145)117-17-40-34(9-47(126-40)99-24-84-52-58(75)80-22-82-60(52)99)133-141(113,148)120-18-41-36(11-49(127-41)101-26-86-54-62(101)90-69(77)93-66(54)105)135-143(115,150)122-20-43-37(12-50(129-43)102-27-87-55-63(102)91-70(78)94-67(55)106)136-142(114,149)121-19-42-35(10-48(128-42)100-25-85-53-61(100)89-68(76)92-65(53)104)134-140(112,147)119-16-39-33(7-45(124-39)97-14-29(3)64(103)95-72(97)108)132-139(111,146)118-15-38-32(130-137(109,144)116-4)8-46(125-38)98-23-83-51-57(74)79-21-81-59(51)98/h13-14,21-27,30-50H,5-12,15-20H2,1-4H3,(H,109,144)(H,110,145)(H,111,146)(H,112,147)(H,113,148)(H,114,149)(H,115,150)(H2,73,88,107)(H2,74,79,81)(H2,75,80,82)(H,95,103,108)(H3,76,89,92,104)(H3,77,90,93,105)(H3,78,91,94,106)/t30-,31-,32-,33-,34-,35-,36-,37-,38-,39-,40-,41-,42-,43-,44-,45-,46-,47-,48-,49-,50-,137?,138?,139?,140?,141?,142?,143?/m1/s1. The molecular weight excluding hydrogens is 2270 g/mol. The molecule has 12 aromatic heterocycles. The third kappa shape index (κ3) is 24.4. The molecular formula is C72H93N30O34P7S7. The maximum Gasteiger partial charge on any atom is 0.351 e. The molecule has 28 atom stereocenters. The predicted molar refractivity (Wildman–Crippen MR) is 543 cm³/mol. The second-order valence-electron chi connectivity index (χ2n) is 34.7. The van der Waals surface area contributed by atoms with Crippen molar-refractivity contribution in [2.75, 3.05) is 81.2 Å². The Labute approximate surface area is 875 Å². The summed E-state index contributed by atoms with van der Waals surface area (Å²) in [5.74, 6) is -0.837. The molecule has 0 radical (unpaired) electrons. The van der Waals surface area contributed by atoms with Crippen LogP contribution in [0.5, 0.6) is 0 Å². The highest BCUT2D eigenvalue weighted by molar-refractivity contribution is 8.09. The number of hydrogen-bond donors (Lipinski definition) is 17. The summed E-state index contributed by atoms with van der Waals surface area (Å²) in [4.78, 5) is 227. The molecule has 19 heterocycles. The van der Waals surface area contributed by atoms with E-state index in [-0.39, 0.29) is 142 Å². The van der Waals surface area contributed by atoms with Gasteiger partial charge in [0.05, 0.1) is 120 Å². The molecule has 7 unspecified atom stereocenters. The van der Waals surface area contributed by atoms with Crippen LogP contribution in [0.2, 0.25) is 0 Å². The number of ether oxygens (including phenoxy) is 7. The van der Waals surface area contributed by atoms with E-state index in [1.54, 1.807) is 13.8 Å². The van der Waals surface area contributed by atoms with Gasteiger partial charge in [-0.25, -0.2) is 54.4 Å². The number of fused-ring (bicyclic) bond motifs is 5. The molecule has 19 rings (SSSR count). The molecule has 7 aliphatic rings. The molecule has 23 N–H and O–H groups in total. The minimum absolute atomic E-state index is 0.0242. The second kappa shape index (κ2) is 43.8. The van der Waals surface area contributed by atoms with E-state index in [0.717, 1.165) is 11.7 Å². The Morgan fingerprint density at radius 2 is 0.587 bits per heavy atom. The number of rotatable bonds is 41. The van der Waals surface area contributed by atoms with Gasteiger partial charge in [-0.3, -0.25) is 71.1 Å². The maximum atomic E-state index is 13.5. The number of aromatic amines is 4. The van der Waals surface area contributed by atoms with E-state index in [1.165, 1.54) is 91.0 Å². The molecule has 12 aromatic rings. The van der Waals surface area contributed by atoms with Gasteiger partial charge in [0.15, 0.2) is 56.4 Å². The number of imidazole rings is 5. The van der Waals surface area contributed by atoms with Crippen molar-refractivity contribution in [3.63, 3.8) is 0 Å². The van der Waals surface area contributed by atoms with E-state index in [9.17, 15) is 63.0 Å². The average Bonchev–Trinajstić information content (AvgIpc) is 1.63. The van der Waals surface area contributed by atoms with Gasteiger partial charge in [0.25, 0.3) is 22.2 Å². The Kier molecular flexibility index (Phi) is 32.2. The first-order valence-corrected chi connectivity index (χ1v) is 62.9. The SMILES string of the molecule is CC[C@H]1O[C@@H](n2cc(C)c(N)nc2=O)C[C@H]1OP(O)(=S)OC[C@H]1O[C@@H](n2cnc3c(N)ncnc32)C[C@H]1OP(O)(=S)OC[C@H]1O[C@@H](n2cnc3c(=O)[nH]c(N)nc32)C[C@H]1OP(O)(=S)OC[C@H]1O[C@@H](n2cnc3c(=O)[nH]c(N)nc32)C[C@H]1OP(O)(=S)OC[C@H]1O[C@@H](n2cnc3c(=O)[nH]c(N)nc32)C[C@H]1OP(O)(=S)OC[C@H]1O[C@@H](n2cc(C)c(=O)[nH]c2=O)C[C@H]1OP(O)(=S)OC[C@H]1O[C@@H](n2cnc3c(N)ncnc32)C[C@H]1OP(O)(=S)OC. The van der Waals surface area contributed by atoms with Crippen LogP contribution < -0.4 is 68.0 Å². The van der Waals surface area contributed by atoms with Crippen molar-refractivity contribution in [1.82, 2.24) is 117 Å². The zero-order valence-electron chi connectivity index (χ0n) is 77.8. The molecule has 0 saturated carbocycles. The summed E-state index contributed by atoms with van der Waals surface area (Å²) in [6.45, 7) is -31.1. The van der Waals surface area contributed by atoms with Crippen LogP contribution in [0.4, 0.5) is 35.3 Å². The lowest BCUT2D eigenvalue weighted by atomic mass is 10.1. The van der Waals surface area contributed by atoms with E-state index in [0.29, 0.717) is 12.0 Å². The van der Waals surface area contributed by atoms with E-state index >= 15 is 0 Å². The number of aryl methyl sites for hydroxylation is 2. The van der Waals surface area contributed by atoms with Gasteiger partial charge in [-0.2, -0.15) is 19.9 Å². The highest BCUT2D eigenvalue weighted by atomic mass is 32.5. The van der Waals surface area contributed by atoms with Crippen molar-refractivity contribution in [2.24, 2.45) is 0 Å². The molecule has 64 nitrogen and oxygen atoms in total. The zero-order valence-corrected chi connectivity index (χ0v) is 89.7. The summed E-state index contributed by atoms with van der Waals surface area (Å²) in [7, 11) is 1.14. The summed E-state index contributed by atoms with van der Waals surface area (Å²) < 4.78 is 139. The van der Waals surface area contributed by atoms with Crippen molar-refractivity contribution in [3.05, 3.63) is 130 Å². The first kappa shape index (κ1) is 110. The fraction of sp³-hybridized carbons (Fsp3) is 0.542. The van der Waals surface area contributed by atoms with Crippen LogP contribution in [0.3, 0.4) is 0 Å². The predicted octanol–water partition coefficient (Wildman–Crippen LogP) is 0.365. The lowest BCUT2D eigenvalue weighted by molar-refractivity contribution is -0.0565. The third-order valence-corrected chi connectivity index (χ3v) is 36.0. The van der Waals surface area contributed by atoms with Gasteiger partial charge in [0.2, 0.25) is 17.8 Å². The van der Waals surface area contributed by atoms with Gasteiger partial charge in [0, 0.05) is 75.6 Å². The third-order valence-electron chi connectivity index (χ3n) is 24.8. The summed E-state index contributed by atoms with van der Waals surface area (Å²) in [5, 5.41) is 0. The Morgan fingerprint density at radius 3 is 0.887 bits per heavy atom. The smallest absolute Gasteiger partial charge is 0.351 e. The molecule has 7 aliphatic heterocycles. The molecule has 7 saturated heterocycles. The molecule has 0 aromatic carbocycles. The molecule has 0 amide bonds. The monoisotopic (exact) mass is 2360 g/mol. The van der Waals surface area contributed by atoms with Gasteiger partial charge in [-0.05, 0) is 103 Å². The number of nitrogens with two attached hydrogens (primary N) is 6. The first-order chi connectivity index (χ1) is 71.0.